The summed E-state index contributed by atoms with van der Waals surface area (Å²) in [5.41, 5.74) is -0.497. The van der Waals surface area contributed by atoms with Gasteiger partial charge in [0.15, 0.2) is 0 Å². The molecule has 0 unspecified atom stereocenters. The van der Waals surface area contributed by atoms with Gasteiger partial charge in [0, 0.05) is 0 Å². The zero-order valence-corrected chi connectivity index (χ0v) is 12.6. The van der Waals surface area contributed by atoms with Gasteiger partial charge in [0.25, 0.3) is 0 Å². The SMILES string of the molecule is C=CCOCCOC(=O)NCCOC(=O)C(C)(C)CC. The van der Waals surface area contributed by atoms with Crippen molar-refractivity contribution in [1.82, 2.24) is 5.32 Å². The molecule has 0 radical (unpaired) electrons. The van der Waals surface area contributed by atoms with Gasteiger partial charge in [-0.1, -0.05) is 13.0 Å². The summed E-state index contributed by atoms with van der Waals surface area (Å²) in [5.74, 6) is -0.270. The van der Waals surface area contributed by atoms with E-state index in [1.807, 2.05) is 20.8 Å². The number of carbonyl (C=O) groups is 2. The molecule has 1 amide bonds. The van der Waals surface area contributed by atoms with E-state index in [4.69, 9.17) is 14.2 Å². The van der Waals surface area contributed by atoms with Crippen LogP contribution in [0.4, 0.5) is 4.79 Å². The summed E-state index contributed by atoms with van der Waals surface area (Å²) in [6.45, 7) is 10.3. The van der Waals surface area contributed by atoms with E-state index in [2.05, 4.69) is 11.9 Å². The monoisotopic (exact) mass is 287 g/mol. The lowest BCUT2D eigenvalue weighted by atomic mass is 9.91. The average Bonchev–Trinajstić information content (AvgIpc) is 2.43. The number of nitrogens with one attached hydrogen (secondary N) is 1. The minimum Gasteiger partial charge on any atom is -0.463 e. The topological polar surface area (TPSA) is 73.9 Å². The molecule has 0 fully saturated rings. The fraction of sp³-hybridized carbons (Fsp3) is 0.714. The third kappa shape index (κ3) is 8.53. The van der Waals surface area contributed by atoms with Crippen LogP contribution in [0.1, 0.15) is 27.2 Å². The van der Waals surface area contributed by atoms with E-state index in [0.717, 1.165) is 0 Å². The molecule has 0 bridgehead atoms. The van der Waals surface area contributed by atoms with Crippen LogP contribution < -0.4 is 5.32 Å². The van der Waals surface area contributed by atoms with Crippen LogP contribution >= 0.6 is 0 Å². The highest BCUT2D eigenvalue weighted by Gasteiger charge is 2.26. The van der Waals surface area contributed by atoms with Crippen molar-refractivity contribution in [2.24, 2.45) is 5.41 Å². The molecule has 0 spiro atoms. The highest BCUT2D eigenvalue weighted by atomic mass is 16.6. The maximum Gasteiger partial charge on any atom is 0.407 e. The third-order valence-electron chi connectivity index (χ3n) is 2.74. The predicted octanol–water partition coefficient (Wildman–Crippen LogP) is 1.89. The smallest absolute Gasteiger partial charge is 0.407 e. The Morgan fingerprint density at radius 2 is 1.90 bits per heavy atom. The Balaban J connectivity index is 3.57. The third-order valence-corrected chi connectivity index (χ3v) is 2.74. The highest BCUT2D eigenvalue weighted by molar-refractivity contribution is 5.75. The quantitative estimate of drug-likeness (QED) is 0.377. The number of hydrogen-bond acceptors (Lipinski definition) is 5. The van der Waals surface area contributed by atoms with Crippen molar-refractivity contribution >= 4 is 12.1 Å². The Morgan fingerprint density at radius 1 is 1.20 bits per heavy atom. The molecule has 0 heterocycles. The Morgan fingerprint density at radius 3 is 2.50 bits per heavy atom. The molecule has 0 saturated heterocycles. The van der Waals surface area contributed by atoms with Crippen LogP contribution in [0.3, 0.4) is 0 Å². The van der Waals surface area contributed by atoms with Crippen LogP contribution in [-0.2, 0) is 19.0 Å². The molecule has 1 N–H and O–H groups in total. The van der Waals surface area contributed by atoms with Crippen molar-refractivity contribution in [2.45, 2.75) is 27.2 Å². The fourth-order valence-electron chi connectivity index (χ4n) is 1.05. The van der Waals surface area contributed by atoms with Crippen molar-refractivity contribution in [3.8, 4) is 0 Å². The van der Waals surface area contributed by atoms with E-state index in [0.29, 0.717) is 19.6 Å². The Kier molecular flexibility index (Phi) is 9.45. The molecule has 6 heteroatoms. The van der Waals surface area contributed by atoms with Crippen LogP contribution in [0, 0.1) is 5.41 Å². The van der Waals surface area contributed by atoms with E-state index in [1.165, 1.54) is 0 Å². The number of rotatable bonds is 10. The van der Waals surface area contributed by atoms with Crippen molar-refractivity contribution in [3.63, 3.8) is 0 Å². The summed E-state index contributed by atoms with van der Waals surface area (Å²) in [7, 11) is 0. The Labute approximate surface area is 120 Å². The minimum absolute atomic E-state index is 0.129. The molecule has 6 nitrogen and oxygen atoms in total. The van der Waals surface area contributed by atoms with Gasteiger partial charge in [0.05, 0.1) is 25.2 Å². The first-order chi connectivity index (χ1) is 9.44. The molecule has 116 valence electrons. The second kappa shape index (κ2) is 10.3. The van der Waals surface area contributed by atoms with E-state index in [9.17, 15) is 9.59 Å². The Bertz CT molecular complexity index is 315. The van der Waals surface area contributed by atoms with Gasteiger partial charge in [-0.25, -0.2) is 4.79 Å². The minimum atomic E-state index is -0.557. The van der Waals surface area contributed by atoms with Crippen molar-refractivity contribution in [1.29, 1.82) is 0 Å². The molecule has 0 saturated carbocycles. The first-order valence-electron chi connectivity index (χ1n) is 6.70. The molecular formula is C14H25NO5. The van der Waals surface area contributed by atoms with Crippen LogP contribution in [0.2, 0.25) is 0 Å². The maximum atomic E-state index is 11.6. The summed E-state index contributed by atoms with van der Waals surface area (Å²) in [5, 5.41) is 2.48. The molecular weight excluding hydrogens is 262 g/mol. The largest absolute Gasteiger partial charge is 0.463 e. The lowest BCUT2D eigenvalue weighted by molar-refractivity contribution is -0.153. The van der Waals surface area contributed by atoms with Gasteiger partial charge in [-0.2, -0.15) is 0 Å². The lowest BCUT2D eigenvalue weighted by Gasteiger charge is -2.20. The van der Waals surface area contributed by atoms with Crippen LogP contribution in [0.25, 0.3) is 0 Å². The molecule has 0 aromatic rings. The van der Waals surface area contributed by atoms with Crippen molar-refractivity contribution in [3.05, 3.63) is 12.7 Å². The second-order valence-electron chi connectivity index (χ2n) is 4.80. The summed E-state index contributed by atoms with van der Waals surface area (Å²) in [6.07, 6.45) is 1.76. The molecule has 0 atom stereocenters. The summed E-state index contributed by atoms with van der Waals surface area (Å²) in [6, 6.07) is 0. The number of alkyl carbamates (subject to hydrolysis) is 1. The molecule has 0 aliphatic heterocycles. The summed E-state index contributed by atoms with van der Waals surface area (Å²) in [4.78, 5) is 22.8. The number of carbonyl (C=O) groups excluding carboxylic acids is 2. The highest BCUT2D eigenvalue weighted by Crippen LogP contribution is 2.21. The number of hydrogen-bond donors (Lipinski definition) is 1. The van der Waals surface area contributed by atoms with Gasteiger partial charge in [-0.05, 0) is 20.3 Å². The van der Waals surface area contributed by atoms with Crippen molar-refractivity contribution in [2.75, 3.05) is 33.0 Å². The van der Waals surface area contributed by atoms with Crippen molar-refractivity contribution < 1.29 is 23.8 Å². The van der Waals surface area contributed by atoms with E-state index < -0.39 is 11.5 Å². The average molecular weight is 287 g/mol. The van der Waals surface area contributed by atoms with Gasteiger partial charge in [0.1, 0.15) is 13.2 Å². The van der Waals surface area contributed by atoms with Gasteiger partial charge >= 0.3 is 12.1 Å². The van der Waals surface area contributed by atoms with Crippen LogP contribution in [-0.4, -0.2) is 45.0 Å². The van der Waals surface area contributed by atoms with Gasteiger partial charge in [-0.15, -0.1) is 6.58 Å². The molecule has 0 aromatic carbocycles. The van der Waals surface area contributed by atoms with E-state index in [-0.39, 0.29) is 25.7 Å². The van der Waals surface area contributed by atoms with Gasteiger partial charge in [-0.3, -0.25) is 4.79 Å². The molecule has 0 aliphatic carbocycles. The first kappa shape index (κ1) is 18.4. The number of amides is 1. The first-order valence-corrected chi connectivity index (χ1v) is 6.70. The van der Waals surface area contributed by atoms with Gasteiger partial charge in [0.2, 0.25) is 0 Å². The zero-order chi connectivity index (χ0) is 15.4. The van der Waals surface area contributed by atoms with Crippen LogP contribution in [0.15, 0.2) is 12.7 Å². The molecule has 0 aromatic heterocycles. The fourth-order valence-corrected chi connectivity index (χ4v) is 1.05. The normalized spacial score (nSPS) is 10.8. The lowest BCUT2D eigenvalue weighted by Crippen LogP contribution is -2.32. The molecule has 0 rings (SSSR count). The second-order valence-corrected chi connectivity index (χ2v) is 4.80. The summed E-state index contributed by atoms with van der Waals surface area (Å²) >= 11 is 0. The van der Waals surface area contributed by atoms with E-state index in [1.54, 1.807) is 6.08 Å². The van der Waals surface area contributed by atoms with E-state index >= 15 is 0 Å². The van der Waals surface area contributed by atoms with Gasteiger partial charge < -0.3 is 19.5 Å². The molecule has 0 aliphatic rings. The zero-order valence-electron chi connectivity index (χ0n) is 12.6. The standard InChI is InChI=1S/C14H25NO5/c1-5-8-18-10-11-20-13(17)15-7-9-19-12(16)14(3,4)6-2/h5H,1,6-11H2,2-4H3,(H,15,17). The number of ether oxygens (including phenoxy) is 3. The number of esters is 1. The molecule has 20 heavy (non-hydrogen) atoms. The predicted molar refractivity (Wildman–Crippen MR) is 75.4 cm³/mol. The Hall–Kier alpha value is -1.56. The maximum absolute atomic E-state index is 11.6. The summed E-state index contributed by atoms with van der Waals surface area (Å²) < 4.78 is 14.9. The van der Waals surface area contributed by atoms with Crippen LogP contribution in [0.5, 0.6) is 0 Å².